The molecule has 4 heteroatoms. The van der Waals surface area contributed by atoms with Crippen LogP contribution >= 0.6 is 0 Å². The zero-order chi connectivity index (χ0) is 55.5. The lowest BCUT2D eigenvalue weighted by molar-refractivity contribution is 0.590. The van der Waals surface area contributed by atoms with Crippen molar-refractivity contribution in [2.75, 3.05) is 14.7 Å². The summed E-state index contributed by atoms with van der Waals surface area (Å²) in [6, 6.07) is 35.3. The van der Waals surface area contributed by atoms with Crippen LogP contribution in [0.5, 0.6) is 0 Å². The Hall–Kier alpha value is -6.78. The molecule has 0 unspecified atom stereocenters. The molecule has 0 radical (unpaired) electrons. The average molecular weight is 882 g/mol. The minimum absolute atomic E-state index is 0.156. The van der Waals surface area contributed by atoms with E-state index in [1.165, 1.54) is 27.2 Å². The quantitative estimate of drug-likeness (QED) is 0.160. The van der Waals surface area contributed by atoms with Crippen molar-refractivity contribution in [1.29, 1.82) is 0 Å². The zero-order valence-electron chi connectivity index (χ0n) is 50.4. The van der Waals surface area contributed by atoms with Crippen LogP contribution in [0, 0.1) is 0 Å². The van der Waals surface area contributed by atoms with Crippen LogP contribution in [0.2, 0.25) is 0 Å². The van der Waals surface area contributed by atoms with Gasteiger partial charge in [0.1, 0.15) is 0 Å². The molecule has 3 nitrogen and oxygen atoms in total. The average Bonchev–Trinajstić information content (AvgIpc) is 3.73. The van der Waals surface area contributed by atoms with Crippen molar-refractivity contribution < 1.29 is 13.7 Å². The Morgan fingerprint density at radius 1 is 0.448 bits per heavy atom. The minimum Gasteiger partial charge on any atom is -0.311 e. The van der Waals surface area contributed by atoms with E-state index in [0.717, 1.165) is 61.5 Å². The van der Waals surface area contributed by atoms with Gasteiger partial charge in [-0.1, -0.05) is 173 Å². The van der Waals surface area contributed by atoms with Crippen LogP contribution in [0.15, 0.2) is 176 Å². The van der Waals surface area contributed by atoms with Gasteiger partial charge >= 0.3 is 0 Å². The molecule has 0 saturated heterocycles. The third kappa shape index (κ3) is 6.94. The van der Waals surface area contributed by atoms with Gasteiger partial charge in [-0.3, -0.25) is 0 Å². The highest BCUT2D eigenvalue weighted by molar-refractivity contribution is 7.00. The molecule has 0 fully saturated rings. The fraction of sp³-hybridized carbons (Fsp3) is 0.238. The maximum Gasteiger partial charge on any atom is 0.252 e. The predicted octanol–water partition coefficient (Wildman–Crippen LogP) is 15.4. The highest BCUT2D eigenvalue weighted by atomic mass is 15.2. The van der Waals surface area contributed by atoms with Gasteiger partial charge in [0.2, 0.25) is 0 Å². The van der Waals surface area contributed by atoms with Crippen molar-refractivity contribution >= 4 is 74.3 Å². The van der Waals surface area contributed by atoms with Gasteiger partial charge in [-0.2, -0.15) is 0 Å². The van der Waals surface area contributed by atoms with Gasteiger partial charge in [0.25, 0.3) is 6.71 Å². The second kappa shape index (κ2) is 15.1. The summed E-state index contributed by atoms with van der Waals surface area (Å²) >= 11 is 0. The van der Waals surface area contributed by atoms with Crippen LogP contribution in [0.3, 0.4) is 0 Å². The molecule has 2 heterocycles. The Morgan fingerprint density at radius 2 is 1.00 bits per heavy atom. The number of hydrogen-bond acceptors (Lipinski definition) is 3. The maximum atomic E-state index is 9.31. The lowest BCUT2D eigenvalue weighted by Gasteiger charge is -2.46. The number of para-hydroxylation sites is 2. The Labute approximate surface area is 413 Å². The summed E-state index contributed by atoms with van der Waals surface area (Å²) in [6.07, 6.45) is 0. The van der Waals surface area contributed by atoms with Gasteiger partial charge < -0.3 is 14.7 Å². The summed E-state index contributed by atoms with van der Waals surface area (Å²) in [7, 11) is 0. The number of nitrogens with zero attached hydrogens (tertiary/aromatic N) is 3. The molecule has 0 spiro atoms. The second-order valence-electron chi connectivity index (χ2n) is 22.0. The molecule has 8 aromatic rings. The molecule has 0 bridgehead atoms. The molecule has 0 amide bonds. The molecule has 67 heavy (non-hydrogen) atoms. The fourth-order valence-electron chi connectivity index (χ4n) is 10.6. The first kappa shape index (κ1) is 32.8. The highest BCUT2D eigenvalue weighted by Gasteiger charge is 2.45. The van der Waals surface area contributed by atoms with E-state index >= 15 is 0 Å². The molecule has 0 saturated carbocycles. The summed E-state index contributed by atoms with van der Waals surface area (Å²) in [4.78, 5) is 5.96. The number of fused-ring (bicyclic) bond motifs is 7. The lowest BCUT2D eigenvalue weighted by Crippen LogP contribution is -2.61. The van der Waals surface area contributed by atoms with Crippen molar-refractivity contribution in [2.24, 2.45) is 0 Å². The zero-order valence-corrected chi connectivity index (χ0v) is 40.4. The predicted molar refractivity (Wildman–Crippen MR) is 289 cm³/mol. The third-order valence-corrected chi connectivity index (χ3v) is 14.3. The third-order valence-electron chi connectivity index (χ3n) is 14.3. The standard InChI is InChI=1S/C63H62BN3/c1-60(2,3)41-26-29-46(30-27-41)66-56-40-48(65(44-20-14-12-15-21-44)45-22-16-13-17-23-45)32-34-53(56)64-54-36-42(61(4,5)6)28-35-55(54)67(58-38-43(62(7,8)9)37-57(66)59(58)64)47-31-33-50-49-24-18-19-25-51(49)63(10,11)52(50)39-47/h12-40H,1-11H3/i12D,13D,14D,15D,16D,17D,20D,21D,22D,23D. The minimum atomic E-state index is -0.623. The molecule has 8 aromatic carbocycles. The van der Waals surface area contributed by atoms with Gasteiger partial charge in [-0.15, -0.1) is 0 Å². The van der Waals surface area contributed by atoms with E-state index in [1.807, 2.05) is 12.1 Å². The summed E-state index contributed by atoms with van der Waals surface area (Å²) in [5.41, 5.74) is 15.7. The Morgan fingerprint density at radius 3 is 1.61 bits per heavy atom. The second-order valence-corrected chi connectivity index (χ2v) is 22.0. The van der Waals surface area contributed by atoms with E-state index in [1.54, 1.807) is 6.07 Å². The number of anilines is 9. The number of rotatable bonds is 5. The van der Waals surface area contributed by atoms with Crippen LogP contribution in [-0.2, 0) is 21.7 Å². The fourth-order valence-corrected chi connectivity index (χ4v) is 10.6. The topological polar surface area (TPSA) is 9.72 Å². The van der Waals surface area contributed by atoms with E-state index in [-0.39, 0.29) is 45.4 Å². The van der Waals surface area contributed by atoms with Crippen LogP contribution in [-0.4, -0.2) is 6.71 Å². The molecule has 0 N–H and O–H groups in total. The van der Waals surface area contributed by atoms with Crippen molar-refractivity contribution in [3.8, 4) is 11.1 Å². The van der Waals surface area contributed by atoms with Gasteiger partial charge in [0.15, 0.2) is 0 Å². The summed E-state index contributed by atoms with van der Waals surface area (Å²) in [5.74, 6) is 0. The molecule has 3 aliphatic rings. The SMILES string of the molecule is [2H]c1c([2H])c([2H])c(N(c2ccc3c(c2)N(c2ccc(C(C)(C)C)cc2)c2cc(C(C)(C)C)cc4c2B3c2cc(C(C)(C)C)ccc2N4c2ccc3c(c2)C(C)(C)c2ccccc2-3)c2c([2H])c([2H])c([2H])c([2H])c2[2H])c([2H])c1[2H]. The molecule has 332 valence electrons. The molecular formula is C63H62BN3. The molecule has 1 aliphatic carbocycles. The van der Waals surface area contributed by atoms with Crippen LogP contribution < -0.4 is 31.1 Å². The van der Waals surface area contributed by atoms with E-state index in [9.17, 15) is 5.48 Å². The first-order valence-electron chi connectivity index (χ1n) is 28.4. The highest BCUT2D eigenvalue weighted by Crippen LogP contribution is 2.52. The van der Waals surface area contributed by atoms with Crippen LogP contribution in [0.25, 0.3) is 11.1 Å². The van der Waals surface area contributed by atoms with Crippen molar-refractivity contribution in [2.45, 2.75) is 97.8 Å². The lowest BCUT2D eigenvalue weighted by atomic mass is 9.33. The van der Waals surface area contributed by atoms with Crippen LogP contribution in [0.1, 0.15) is 118 Å². The van der Waals surface area contributed by atoms with Gasteiger partial charge in [-0.05, 0) is 150 Å². The van der Waals surface area contributed by atoms with Crippen molar-refractivity contribution in [3.63, 3.8) is 0 Å². The monoisotopic (exact) mass is 882 g/mol. The first-order valence-corrected chi connectivity index (χ1v) is 23.4. The van der Waals surface area contributed by atoms with Crippen molar-refractivity contribution in [1.82, 2.24) is 0 Å². The van der Waals surface area contributed by atoms with Gasteiger partial charge in [-0.25, -0.2) is 0 Å². The van der Waals surface area contributed by atoms with Gasteiger partial charge in [0.05, 0.1) is 13.7 Å². The summed E-state index contributed by atoms with van der Waals surface area (Å²) < 4.78 is 89.6. The van der Waals surface area contributed by atoms with Crippen molar-refractivity contribution in [3.05, 3.63) is 204 Å². The Bertz CT molecular complexity index is 3700. The molecule has 0 aromatic heterocycles. The Balaban J connectivity index is 1.26. The van der Waals surface area contributed by atoms with Crippen LogP contribution in [0.4, 0.5) is 51.2 Å². The Kier molecular flexibility index (Phi) is 7.41. The first-order chi connectivity index (χ1) is 36.0. The van der Waals surface area contributed by atoms with E-state index in [2.05, 4.69) is 183 Å². The van der Waals surface area contributed by atoms with E-state index in [4.69, 9.17) is 8.22 Å². The number of hydrogen-bond donors (Lipinski definition) is 0. The molecular weight excluding hydrogens is 810 g/mol. The number of benzene rings is 8. The molecule has 11 rings (SSSR count). The smallest absolute Gasteiger partial charge is 0.252 e. The molecule has 2 aliphatic heterocycles. The van der Waals surface area contributed by atoms with E-state index < -0.39 is 60.4 Å². The maximum absolute atomic E-state index is 9.31. The summed E-state index contributed by atoms with van der Waals surface area (Å²) in [6.45, 7) is 24.1. The normalized spacial score (nSPS) is 16.6. The largest absolute Gasteiger partial charge is 0.311 e. The van der Waals surface area contributed by atoms with Gasteiger partial charge in [0, 0.05) is 56.6 Å². The molecule has 0 atom stereocenters. The summed E-state index contributed by atoms with van der Waals surface area (Å²) in [5, 5.41) is 0. The van der Waals surface area contributed by atoms with E-state index in [0.29, 0.717) is 5.69 Å².